The van der Waals surface area contributed by atoms with Crippen molar-refractivity contribution in [3.05, 3.63) is 16.8 Å². The van der Waals surface area contributed by atoms with Gasteiger partial charge in [0.25, 0.3) is 0 Å². The summed E-state index contributed by atoms with van der Waals surface area (Å²) < 4.78 is 16.4. The van der Waals surface area contributed by atoms with Gasteiger partial charge < -0.3 is 25.4 Å². The van der Waals surface area contributed by atoms with Gasteiger partial charge in [-0.05, 0) is 0 Å². The molecule has 0 fully saturated rings. The summed E-state index contributed by atoms with van der Waals surface area (Å²) in [6.07, 6.45) is -0.695. The van der Waals surface area contributed by atoms with Crippen LogP contribution in [0, 0.1) is 0 Å². The van der Waals surface area contributed by atoms with Gasteiger partial charge in [-0.25, -0.2) is 9.78 Å². The number of nitrogens with zero attached hydrogens (tertiary/aromatic N) is 3. The van der Waals surface area contributed by atoms with Crippen molar-refractivity contribution in [1.29, 1.82) is 0 Å². The van der Waals surface area contributed by atoms with Crippen molar-refractivity contribution in [1.82, 2.24) is 14.5 Å². The second-order valence-electron chi connectivity index (χ2n) is 3.41. The number of rotatable bonds is 6. The second-order valence-corrected chi connectivity index (χ2v) is 5.00. The van der Waals surface area contributed by atoms with Crippen LogP contribution in [0.2, 0.25) is 0 Å². The third-order valence-corrected chi connectivity index (χ3v) is 2.35. The second kappa shape index (κ2) is 6.03. The van der Waals surface area contributed by atoms with Crippen molar-refractivity contribution >= 4 is 13.5 Å². The summed E-state index contributed by atoms with van der Waals surface area (Å²) in [5.41, 5.74) is 4.49. The van der Waals surface area contributed by atoms with E-state index in [-0.39, 0.29) is 12.5 Å². The Morgan fingerprint density at radius 1 is 1.56 bits per heavy atom. The van der Waals surface area contributed by atoms with E-state index in [9.17, 15) is 9.36 Å². The molecule has 1 aromatic heterocycles. The van der Waals surface area contributed by atoms with Crippen molar-refractivity contribution < 1.29 is 24.2 Å². The highest BCUT2D eigenvalue weighted by Gasteiger charge is 2.18. The number of aliphatic hydroxyl groups is 1. The van der Waals surface area contributed by atoms with Crippen LogP contribution in [0.25, 0.3) is 0 Å². The monoisotopic (exact) mass is 280 g/mol. The molecule has 0 unspecified atom stereocenters. The first-order valence-corrected chi connectivity index (χ1v) is 6.57. The van der Waals surface area contributed by atoms with Crippen LogP contribution in [0.5, 0.6) is 0 Å². The summed E-state index contributed by atoms with van der Waals surface area (Å²) in [6.45, 7) is -0.660. The fraction of sp³-hybridized carbons (Fsp3) is 0.571. The predicted molar refractivity (Wildman–Crippen MR) is 59.6 cm³/mol. The molecule has 0 bridgehead atoms. The zero-order chi connectivity index (χ0) is 13.8. The van der Waals surface area contributed by atoms with Gasteiger partial charge in [0.15, 0.2) is 0 Å². The van der Waals surface area contributed by atoms with E-state index in [4.69, 9.17) is 25.4 Å². The topological polar surface area (TPSA) is 161 Å². The maximum atomic E-state index is 11.3. The molecule has 1 atom stereocenters. The lowest BCUT2D eigenvalue weighted by Crippen LogP contribution is -2.32. The standard InChI is InChI=1S/C7H13N4O6P/c8-6-9-3-11(7(13)10-6)1-5(2-12)17-4-18(14,15)16/h3,5,12H,1-2,4H2,(H2,8,10,13)(H2,14,15,16)/t5-/m1/s1. The Morgan fingerprint density at radius 3 is 2.72 bits per heavy atom. The molecule has 1 aromatic rings. The van der Waals surface area contributed by atoms with Crippen LogP contribution in [0.4, 0.5) is 5.95 Å². The van der Waals surface area contributed by atoms with Gasteiger partial charge in [-0.15, -0.1) is 0 Å². The molecule has 102 valence electrons. The molecule has 0 saturated carbocycles. The number of ether oxygens (including phenoxy) is 1. The van der Waals surface area contributed by atoms with Gasteiger partial charge in [0.05, 0.1) is 19.3 Å². The Bertz CT molecular complexity index is 499. The molecule has 10 nitrogen and oxygen atoms in total. The summed E-state index contributed by atoms with van der Waals surface area (Å²) in [5, 5.41) is 8.97. The maximum Gasteiger partial charge on any atom is 0.352 e. The lowest BCUT2D eigenvalue weighted by molar-refractivity contribution is 0.0187. The molecule has 0 amide bonds. The van der Waals surface area contributed by atoms with Gasteiger partial charge in [0.2, 0.25) is 5.95 Å². The van der Waals surface area contributed by atoms with Crippen LogP contribution in [-0.2, 0) is 15.8 Å². The Morgan fingerprint density at radius 2 is 2.22 bits per heavy atom. The summed E-state index contributed by atoms with van der Waals surface area (Å²) in [4.78, 5) is 35.5. The number of hydrogen-bond acceptors (Lipinski definition) is 7. The first-order chi connectivity index (χ1) is 8.31. The van der Waals surface area contributed by atoms with Crippen LogP contribution in [0.3, 0.4) is 0 Å². The molecular weight excluding hydrogens is 267 g/mol. The van der Waals surface area contributed by atoms with E-state index in [1.54, 1.807) is 0 Å². The zero-order valence-electron chi connectivity index (χ0n) is 9.21. The third kappa shape index (κ3) is 4.90. The van der Waals surface area contributed by atoms with Crippen LogP contribution in [-0.4, -0.2) is 48.5 Å². The molecule has 0 saturated heterocycles. The lowest BCUT2D eigenvalue weighted by atomic mass is 10.4. The Balaban J connectivity index is 2.68. The van der Waals surface area contributed by atoms with Gasteiger partial charge in [-0.3, -0.25) is 9.13 Å². The van der Waals surface area contributed by atoms with Crippen LogP contribution < -0.4 is 11.4 Å². The number of aromatic nitrogens is 3. The first-order valence-electron chi connectivity index (χ1n) is 4.78. The minimum atomic E-state index is -4.33. The summed E-state index contributed by atoms with van der Waals surface area (Å²) in [5.74, 6) is -0.187. The molecule has 1 rings (SSSR count). The SMILES string of the molecule is Nc1ncn(C[C@H](CO)OCP(=O)(O)O)c(=O)n1. The average molecular weight is 280 g/mol. The van der Waals surface area contributed by atoms with E-state index in [1.165, 1.54) is 0 Å². The van der Waals surface area contributed by atoms with E-state index in [0.29, 0.717) is 0 Å². The largest absolute Gasteiger partial charge is 0.394 e. The molecule has 0 spiro atoms. The highest BCUT2D eigenvalue weighted by molar-refractivity contribution is 7.51. The fourth-order valence-electron chi connectivity index (χ4n) is 1.08. The highest BCUT2D eigenvalue weighted by Crippen LogP contribution is 2.34. The molecule has 0 aliphatic carbocycles. The van der Waals surface area contributed by atoms with E-state index in [1.807, 2.05) is 0 Å². The molecule has 1 heterocycles. The molecule has 0 aliphatic rings. The van der Waals surface area contributed by atoms with Crippen LogP contribution in [0.15, 0.2) is 11.1 Å². The van der Waals surface area contributed by atoms with Crippen molar-refractivity contribution in [2.45, 2.75) is 12.6 Å². The van der Waals surface area contributed by atoms with E-state index in [0.717, 1.165) is 10.9 Å². The Kier molecular flexibility index (Phi) is 4.93. The van der Waals surface area contributed by atoms with Crippen LogP contribution in [0.1, 0.15) is 0 Å². The highest BCUT2D eigenvalue weighted by atomic mass is 31.2. The van der Waals surface area contributed by atoms with Gasteiger partial charge in [-0.2, -0.15) is 4.98 Å². The third-order valence-electron chi connectivity index (χ3n) is 1.87. The van der Waals surface area contributed by atoms with Crippen LogP contribution >= 0.6 is 7.60 Å². The minimum absolute atomic E-state index is 0.143. The lowest BCUT2D eigenvalue weighted by Gasteiger charge is -2.16. The number of anilines is 1. The van der Waals surface area contributed by atoms with Crippen molar-refractivity contribution in [2.75, 3.05) is 18.7 Å². The van der Waals surface area contributed by atoms with Gasteiger partial charge in [-0.1, -0.05) is 0 Å². The first kappa shape index (κ1) is 14.7. The van der Waals surface area contributed by atoms with Crippen molar-refractivity contribution in [3.63, 3.8) is 0 Å². The number of nitrogen functional groups attached to an aromatic ring is 1. The number of nitrogens with two attached hydrogens (primary N) is 1. The van der Waals surface area contributed by atoms with E-state index < -0.39 is 32.3 Å². The fourth-order valence-corrected chi connectivity index (χ4v) is 1.48. The summed E-state index contributed by atoms with van der Waals surface area (Å²) in [6, 6.07) is 0. The van der Waals surface area contributed by atoms with Gasteiger partial charge >= 0.3 is 13.3 Å². The quantitative estimate of drug-likeness (QED) is 0.421. The maximum absolute atomic E-state index is 11.3. The molecule has 18 heavy (non-hydrogen) atoms. The molecule has 0 aliphatic heterocycles. The normalized spacial score (nSPS) is 13.5. The van der Waals surface area contributed by atoms with Crippen molar-refractivity contribution in [3.8, 4) is 0 Å². The minimum Gasteiger partial charge on any atom is -0.394 e. The number of hydrogen-bond donors (Lipinski definition) is 4. The van der Waals surface area contributed by atoms with E-state index in [2.05, 4.69) is 9.97 Å². The molecular formula is C7H13N4O6P. The molecule has 0 aromatic carbocycles. The summed E-state index contributed by atoms with van der Waals surface area (Å²) in [7, 11) is -4.33. The molecule has 5 N–H and O–H groups in total. The van der Waals surface area contributed by atoms with E-state index >= 15 is 0 Å². The zero-order valence-corrected chi connectivity index (χ0v) is 10.1. The Hall–Kier alpha value is -1.32. The molecule has 11 heteroatoms. The summed E-state index contributed by atoms with van der Waals surface area (Å²) >= 11 is 0. The van der Waals surface area contributed by atoms with Gasteiger partial charge in [0.1, 0.15) is 12.7 Å². The average Bonchev–Trinajstić information content (AvgIpc) is 2.25. The smallest absolute Gasteiger partial charge is 0.352 e. The number of aliphatic hydroxyl groups excluding tert-OH is 1. The predicted octanol–water partition coefficient (Wildman–Crippen LogP) is -2.27. The molecule has 0 radical (unpaired) electrons. The van der Waals surface area contributed by atoms with Crippen molar-refractivity contribution in [2.24, 2.45) is 0 Å². The Labute approximate surface area is 101 Å². The van der Waals surface area contributed by atoms with Gasteiger partial charge in [0, 0.05) is 0 Å².